The van der Waals surface area contributed by atoms with E-state index in [1.807, 2.05) is 6.07 Å². The minimum atomic E-state index is -1.21. The molecule has 2 aliphatic heterocycles. The highest BCUT2D eigenvalue weighted by atomic mass is 32.1. The van der Waals surface area contributed by atoms with E-state index in [4.69, 9.17) is 14.7 Å². The third kappa shape index (κ3) is 3.91. The fourth-order valence-electron chi connectivity index (χ4n) is 7.94. The molecule has 0 radical (unpaired) electrons. The normalized spacial score (nSPS) is 23.2. The van der Waals surface area contributed by atoms with Crippen molar-refractivity contribution in [1.82, 2.24) is 0 Å². The highest BCUT2D eigenvalue weighted by Gasteiger charge is 2.55. The summed E-state index contributed by atoms with van der Waals surface area (Å²) < 4.78 is 14.7. The summed E-state index contributed by atoms with van der Waals surface area (Å²) in [4.78, 5) is 18.0. The quantitative estimate of drug-likeness (QED) is 0.153. The van der Waals surface area contributed by atoms with Crippen LogP contribution in [0.15, 0.2) is 66.2 Å². The lowest BCUT2D eigenvalue weighted by Gasteiger charge is -2.33. The molecule has 3 aromatic heterocycles. The molecule has 2 saturated carbocycles. The van der Waals surface area contributed by atoms with Gasteiger partial charge in [0, 0.05) is 37.6 Å². The van der Waals surface area contributed by atoms with Crippen LogP contribution in [-0.4, -0.2) is 30.3 Å². The van der Waals surface area contributed by atoms with Crippen LogP contribution in [0.2, 0.25) is 0 Å². The van der Waals surface area contributed by atoms with Gasteiger partial charge in [-0.25, -0.2) is 4.79 Å². The fourth-order valence-corrected chi connectivity index (χ4v) is 11.6. The summed E-state index contributed by atoms with van der Waals surface area (Å²) in [6, 6.07) is 24.3. The summed E-state index contributed by atoms with van der Waals surface area (Å²) in [5.74, 6) is 2.49. The van der Waals surface area contributed by atoms with Crippen molar-refractivity contribution >= 4 is 66.8 Å². The molecule has 4 unspecified atom stereocenters. The Hall–Kier alpha value is -4.10. The first-order valence-electron chi connectivity index (χ1n) is 14.9. The van der Waals surface area contributed by atoms with E-state index < -0.39 is 5.97 Å². The zero-order chi connectivity index (χ0) is 29.5. The van der Waals surface area contributed by atoms with Gasteiger partial charge in [0.05, 0.1) is 14.6 Å². The molecule has 1 N–H and O–H groups in total. The number of carboxylic acid groups (broad SMARTS) is 1. The Morgan fingerprint density at radius 2 is 1.70 bits per heavy atom. The largest absolute Gasteiger partial charge is 0.485 e. The van der Waals surface area contributed by atoms with E-state index in [1.165, 1.54) is 59.2 Å². The second kappa shape index (κ2) is 9.96. The number of benzene rings is 2. The highest BCUT2D eigenvalue weighted by molar-refractivity contribution is 7.32. The number of anilines is 2. The van der Waals surface area contributed by atoms with Gasteiger partial charge in [-0.05, 0) is 84.7 Å². The SMILES string of the molecule is N#C/C(=C\c1cc2sc(-c3sc(-c4ccc5c(c4)C4C6CCC(C6)C4N5c4ccccc4)c4c3OCCO4)cc2s1)C(=O)O. The van der Waals surface area contributed by atoms with Crippen molar-refractivity contribution in [2.24, 2.45) is 11.8 Å². The van der Waals surface area contributed by atoms with Crippen LogP contribution in [0.3, 0.4) is 0 Å². The van der Waals surface area contributed by atoms with Crippen LogP contribution in [0.25, 0.3) is 35.7 Å². The third-order valence-electron chi connectivity index (χ3n) is 9.60. The molecule has 2 bridgehead atoms. The molecule has 2 aliphatic carbocycles. The second-order valence-electron chi connectivity index (χ2n) is 11.9. The number of thiophene rings is 3. The number of nitriles is 1. The van der Waals surface area contributed by atoms with E-state index in [0.29, 0.717) is 25.2 Å². The Balaban J connectivity index is 1.12. The Labute approximate surface area is 266 Å². The lowest BCUT2D eigenvalue weighted by molar-refractivity contribution is -0.132. The Bertz CT molecular complexity index is 2020. The minimum Gasteiger partial charge on any atom is -0.485 e. The molecule has 0 spiro atoms. The number of para-hydroxylation sites is 1. The van der Waals surface area contributed by atoms with E-state index in [-0.39, 0.29) is 5.57 Å². The Morgan fingerprint density at radius 1 is 0.932 bits per heavy atom. The number of ether oxygens (including phenoxy) is 2. The lowest BCUT2D eigenvalue weighted by atomic mass is 9.81. The Kier molecular flexibility index (Phi) is 5.96. The first-order valence-corrected chi connectivity index (χ1v) is 17.3. The van der Waals surface area contributed by atoms with E-state index in [2.05, 4.69) is 59.5 Å². The van der Waals surface area contributed by atoms with Gasteiger partial charge < -0.3 is 19.5 Å². The van der Waals surface area contributed by atoms with Crippen LogP contribution >= 0.6 is 34.0 Å². The highest BCUT2D eigenvalue weighted by Crippen LogP contribution is 2.63. The van der Waals surface area contributed by atoms with Gasteiger partial charge in [-0.15, -0.1) is 34.0 Å². The van der Waals surface area contributed by atoms with Crippen molar-refractivity contribution in [2.45, 2.75) is 31.2 Å². The summed E-state index contributed by atoms with van der Waals surface area (Å²) in [6.45, 7) is 1.04. The molecule has 218 valence electrons. The van der Waals surface area contributed by atoms with Gasteiger partial charge >= 0.3 is 5.97 Å². The molecule has 0 saturated heterocycles. The first-order chi connectivity index (χ1) is 21.6. The summed E-state index contributed by atoms with van der Waals surface area (Å²) in [6.07, 6.45) is 5.43. The van der Waals surface area contributed by atoms with Gasteiger partial charge in [-0.2, -0.15) is 5.26 Å². The number of aliphatic carboxylic acids is 1. The van der Waals surface area contributed by atoms with Crippen molar-refractivity contribution in [1.29, 1.82) is 5.26 Å². The monoisotopic (exact) mass is 634 g/mol. The fraction of sp³-hybridized carbons (Fsp3) is 0.257. The van der Waals surface area contributed by atoms with Gasteiger partial charge in [0.2, 0.25) is 0 Å². The molecular weight excluding hydrogens is 609 g/mol. The molecule has 5 heterocycles. The zero-order valence-corrected chi connectivity index (χ0v) is 25.9. The van der Waals surface area contributed by atoms with E-state index in [9.17, 15) is 9.90 Å². The summed E-state index contributed by atoms with van der Waals surface area (Å²) in [5, 5.41) is 18.4. The topological polar surface area (TPSA) is 82.8 Å². The third-order valence-corrected chi connectivity index (χ3v) is 13.2. The molecule has 0 amide bonds. The van der Waals surface area contributed by atoms with Gasteiger partial charge in [0.25, 0.3) is 0 Å². The lowest BCUT2D eigenvalue weighted by Crippen LogP contribution is -2.35. The molecule has 9 rings (SSSR count). The molecule has 2 aromatic carbocycles. The van der Waals surface area contributed by atoms with E-state index >= 15 is 0 Å². The predicted molar refractivity (Wildman–Crippen MR) is 177 cm³/mol. The van der Waals surface area contributed by atoms with Gasteiger partial charge in [-0.1, -0.05) is 24.3 Å². The average molecular weight is 635 g/mol. The second-order valence-corrected chi connectivity index (χ2v) is 15.1. The number of carboxylic acids is 1. The number of carbonyl (C=O) groups is 1. The maximum absolute atomic E-state index is 11.3. The zero-order valence-electron chi connectivity index (χ0n) is 23.5. The summed E-state index contributed by atoms with van der Waals surface area (Å²) >= 11 is 4.87. The van der Waals surface area contributed by atoms with Crippen LogP contribution < -0.4 is 14.4 Å². The van der Waals surface area contributed by atoms with Crippen molar-refractivity contribution in [2.75, 3.05) is 18.1 Å². The summed E-state index contributed by atoms with van der Waals surface area (Å²) in [7, 11) is 0. The Morgan fingerprint density at radius 3 is 2.48 bits per heavy atom. The molecular formula is C35H26N2O4S3. The van der Waals surface area contributed by atoms with Crippen molar-refractivity contribution in [3.8, 4) is 37.8 Å². The van der Waals surface area contributed by atoms with Crippen LogP contribution in [-0.2, 0) is 4.79 Å². The average Bonchev–Trinajstić information content (AvgIpc) is 3.88. The maximum Gasteiger partial charge on any atom is 0.346 e. The maximum atomic E-state index is 11.3. The van der Waals surface area contributed by atoms with Crippen LogP contribution in [0.1, 0.15) is 35.6 Å². The number of nitrogens with zero attached hydrogens (tertiary/aromatic N) is 2. The van der Waals surface area contributed by atoms with Gasteiger partial charge in [-0.3, -0.25) is 0 Å². The molecule has 4 atom stereocenters. The molecule has 44 heavy (non-hydrogen) atoms. The summed E-state index contributed by atoms with van der Waals surface area (Å²) in [5.41, 5.74) is 5.03. The van der Waals surface area contributed by atoms with Gasteiger partial charge in [0.1, 0.15) is 24.9 Å². The van der Waals surface area contributed by atoms with Crippen LogP contribution in [0.4, 0.5) is 11.4 Å². The number of rotatable bonds is 5. The number of fused-ring (bicyclic) bond motifs is 9. The molecule has 4 aliphatic rings. The number of hydrogen-bond acceptors (Lipinski definition) is 8. The van der Waals surface area contributed by atoms with Crippen LogP contribution in [0, 0.1) is 23.2 Å². The molecule has 2 fully saturated rings. The number of hydrogen-bond donors (Lipinski definition) is 1. The molecule has 6 nitrogen and oxygen atoms in total. The van der Waals surface area contributed by atoms with E-state index in [1.54, 1.807) is 28.7 Å². The smallest absolute Gasteiger partial charge is 0.346 e. The first kappa shape index (κ1) is 26.3. The molecule has 9 heteroatoms. The van der Waals surface area contributed by atoms with E-state index in [0.717, 1.165) is 52.2 Å². The van der Waals surface area contributed by atoms with Crippen molar-refractivity contribution in [3.05, 3.63) is 76.7 Å². The molecule has 5 aromatic rings. The predicted octanol–water partition coefficient (Wildman–Crippen LogP) is 9.15. The van der Waals surface area contributed by atoms with Gasteiger partial charge in [0.15, 0.2) is 11.5 Å². The van der Waals surface area contributed by atoms with Crippen molar-refractivity contribution < 1.29 is 19.4 Å². The van der Waals surface area contributed by atoms with Crippen LogP contribution in [0.5, 0.6) is 11.5 Å². The van der Waals surface area contributed by atoms with Crippen molar-refractivity contribution in [3.63, 3.8) is 0 Å². The minimum absolute atomic E-state index is 0.264. The standard InChI is InChI=1S/C35H26N2O4S3/c36-17-21(35(38)39)13-23-15-26-27(42-23)16-28(43-26)34-32-31(40-10-11-41-32)33(44-34)20-8-9-25-24(14-20)29-18-6-7-19(12-18)30(29)37(25)22-4-2-1-3-5-22/h1-5,8-9,13-16,18-19,29-30H,6-7,10-12H2,(H,38,39)/b21-13+.